The summed E-state index contributed by atoms with van der Waals surface area (Å²) in [5.74, 6) is -0.768. The van der Waals surface area contributed by atoms with Crippen molar-refractivity contribution in [1.82, 2.24) is 4.98 Å². The molecule has 0 aromatic carbocycles. The monoisotopic (exact) mass is 287 g/mol. The van der Waals surface area contributed by atoms with Gasteiger partial charge in [-0.2, -0.15) is 0 Å². The van der Waals surface area contributed by atoms with Gasteiger partial charge in [0.05, 0.1) is 9.13 Å². The van der Waals surface area contributed by atoms with Crippen LogP contribution in [0.4, 0.5) is 8.78 Å². The summed E-state index contributed by atoms with van der Waals surface area (Å²) < 4.78 is 24.2. The van der Waals surface area contributed by atoms with Crippen molar-refractivity contribution in [2.75, 3.05) is 0 Å². The maximum absolute atomic E-state index is 12.1. The number of halogens is 3. The topological polar surface area (TPSA) is 53.1 Å². The Morgan fingerprint density at radius 3 is 2.67 bits per heavy atom. The van der Waals surface area contributed by atoms with Gasteiger partial charge in [0.15, 0.2) is 5.88 Å². The summed E-state index contributed by atoms with van der Waals surface area (Å²) in [6, 6.07) is 0.958. The zero-order chi connectivity index (χ0) is 9.30. The van der Waals surface area contributed by atoms with Gasteiger partial charge < -0.3 is 5.11 Å². The standard InChI is InChI=1S/C6H4F2INO2/c7-4(8)2-1-3(9)6(12)10-5(2)11/h1,4H,(H2,10,11,12). The number of nitrogens with one attached hydrogen (secondary N) is 1. The van der Waals surface area contributed by atoms with E-state index in [9.17, 15) is 13.6 Å². The van der Waals surface area contributed by atoms with Gasteiger partial charge in [-0.15, -0.1) is 0 Å². The summed E-state index contributed by atoms with van der Waals surface area (Å²) in [5.41, 5.74) is -1.13. The number of hydrogen-bond acceptors (Lipinski definition) is 2. The number of pyridine rings is 1. The van der Waals surface area contributed by atoms with Crippen LogP contribution in [-0.4, -0.2) is 10.1 Å². The first-order chi connectivity index (χ1) is 5.52. The Kier molecular flexibility index (Phi) is 2.65. The second-order valence-corrected chi connectivity index (χ2v) is 3.21. The molecule has 12 heavy (non-hydrogen) atoms. The lowest BCUT2D eigenvalue weighted by molar-refractivity contribution is 0.146. The quantitative estimate of drug-likeness (QED) is 0.771. The molecule has 0 bridgehead atoms. The number of hydrogen-bond donors (Lipinski definition) is 2. The molecule has 0 aliphatic rings. The molecule has 0 spiro atoms. The highest BCUT2D eigenvalue weighted by Gasteiger charge is 2.14. The minimum absolute atomic E-state index is 0.126. The van der Waals surface area contributed by atoms with Crippen molar-refractivity contribution < 1.29 is 13.9 Å². The van der Waals surface area contributed by atoms with Crippen LogP contribution in [0.3, 0.4) is 0 Å². The van der Waals surface area contributed by atoms with Gasteiger partial charge in [-0.1, -0.05) is 0 Å². The van der Waals surface area contributed by atoms with Gasteiger partial charge in [0.2, 0.25) is 0 Å². The lowest BCUT2D eigenvalue weighted by atomic mass is 10.3. The first-order valence-electron chi connectivity index (χ1n) is 2.92. The van der Waals surface area contributed by atoms with Crippen molar-refractivity contribution in [3.63, 3.8) is 0 Å². The Labute approximate surface area is 79.6 Å². The van der Waals surface area contributed by atoms with Crippen LogP contribution >= 0.6 is 22.6 Å². The second kappa shape index (κ2) is 3.38. The molecular weight excluding hydrogens is 283 g/mol. The van der Waals surface area contributed by atoms with Crippen LogP contribution in [0.15, 0.2) is 10.9 Å². The van der Waals surface area contributed by atoms with Gasteiger partial charge in [0.25, 0.3) is 12.0 Å². The molecular formula is C6H4F2INO2. The third-order valence-electron chi connectivity index (χ3n) is 1.24. The maximum Gasteiger partial charge on any atom is 0.269 e. The van der Waals surface area contributed by atoms with Gasteiger partial charge in [-0.25, -0.2) is 8.78 Å². The van der Waals surface area contributed by atoms with E-state index >= 15 is 0 Å². The van der Waals surface area contributed by atoms with Crippen LogP contribution in [0.2, 0.25) is 0 Å². The van der Waals surface area contributed by atoms with Crippen molar-refractivity contribution in [2.24, 2.45) is 0 Å². The lowest BCUT2D eigenvalue weighted by Gasteiger charge is -2.01. The number of rotatable bonds is 1. The number of aromatic nitrogens is 1. The average molecular weight is 287 g/mol. The molecule has 1 aromatic heterocycles. The maximum atomic E-state index is 12.1. The molecule has 6 heteroatoms. The van der Waals surface area contributed by atoms with Crippen LogP contribution in [0.1, 0.15) is 12.0 Å². The molecule has 0 unspecified atom stereocenters. The summed E-state index contributed by atoms with van der Waals surface area (Å²) in [5, 5.41) is 8.85. The van der Waals surface area contributed by atoms with E-state index in [-0.39, 0.29) is 3.57 Å². The zero-order valence-corrected chi connectivity index (χ0v) is 7.80. The van der Waals surface area contributed by atoms with E-state index in [1.54, 1.807) is 22.6 Å². The van der Waals surface area contributed by atoms with E-state index in [4.69, 9.17) is 5.11 Å². The highest BCUT2D eigenvalue weighted by molar-refractivity contribution is 14.1. The number of alkyl halides is 2. The van der Waals surface area contributed by atoms with Crippen molar-refractivity contribution in [3.8, 4) is 5.88 Å². The highest BCUT2D eigenvalue weighted by Crippen LogP contribution is 2.25. The molecule has 0 fully saturated rings. The van der Waals surface area contributed by atoms with E-state index in [1.165, 1.54) is 0 Å². The Hall–Kier alpha value is -0.660. The third kappa shape index (κ3) is 1.74. The summed E-state index contributed by atoms with van der Waals surface area (Å²) in [6.45, 7) is 0. The van der Waals surface area contributed by atoms with E-state index in [2.05, 4.69) is 0 Å². The van der Waals surface area contributed by atoms with Crippen LogP contribution in [-0.2, 0) is 0 Å². The van der Waals surface area contributed by atoms with Crippen LogP contribution in [0, 0.1) is 3.57 Å². The Balaban J connectivity index is 3.33. The molecule has 0 aliphatic carbocycles. The predicted molar refractivity (Wildman–Crippen MR) is 46.4 cm³/mol. The van der Waals surface area contributed by atoms with E-state index in [0.29, 0.717) is 0 Å². The number of H-pyrrole nitrogens is 1. The predicted octanol–water partition coefficient (Wildman–Crippen LogP) is 1.62. The van der Waals surface area contributed by atoms with Gasteiger partial charge in [-0.3, -0.25) is 9.78 Å². The Bertz CT molecular complexity index is 350. The van der Waals surface area contributed by atoms with Gasteiger partial charge in [-0.05, 0) is 28.7 Å². The zero-order valence-electron chi connectivity index (χ0n) is 5.64. The molecule has 0 atom stereocenters. The number of aromatic hydroxyl groups is 1. The smallest absolute Gasteiger partial charge is 0.269 e. The van der Waals surface area contributed by atoms with Gasteiger partial charge in [0.1, 0.15) is 0 Å². The van der Waals surface area contributed by atoms with Crippen LogP contribution < -0.4 is 5.56 Å². The van der Waals surface area contributed by atoms with Crippen molar-refractivity contribution in [1.29, 1.82) is 0 Å². The number of aromatic amines is 1. The fourth-order valence-electron chi connectivity index (χ4n) is 0.676. The molecule has 0 saturated carbocycles. The van der Waals surface area contributed by atoms with Crippen LogP contribution in [0.5, 0.6) is 5.88 Å². The average Bonchev–Trinajstić information content (AvgIpc) is 1.96. The third-order valence-corrected chi connectivity index (χ3v) is 2.04. The molecule has 1 heterocycles. The summed E-state index contributed by atoms with van der Waals surface area (Å²) in [6.07, 6.45) is -2.78. The van der Waals surface area contributed by atoms with Crippen LogP contribution in [0.25, 0.3) is 0 Å². The normalized spacial score (nSPS) is 10.7. The van der Waals surface area contributed by atoms with E-state index in [1.807, 2.05) is 4.98 Å². The molecule has 0 aliphatic heterocycles. The first kappa shape index (κ1) is 9.43. The minimum Gasteiger partial charge on any atom is -0.494 e. The fraction of sp³-hybridized carbons (Fsp3) is 0.167. The fourth-order valence-corrected chi connectivity index (χ4v) is 1.15. The molecule has 0 radical (unpaired) electrons. The molecule has 3 nitrogen and oxygen atoms in total. The van der Waals surface area contributed by atoms with Gasteiger partial charge in [0, 0.05) is 0 Å². The van der Waals surface area contributed by atoms with Crippen molar-refractivity contribution in [3.05, 3.63) is 25.6 Å². The molecule has 0 saturated heterocycles. The second-order valence-electron chi connectivity index (χ2n) is 2.05. The molecule has 1 aromatic rings. The first-order valence-corrected chi connectivity index (χ1v) is 4.00. The Morgan fingerprint density at radius 1 is 1.58 bits per heavy atom. The van der Waals surface area contributed by atoms with E-state index < -0.39 is 23.4 Å². The largest absolute Gasteiger partial charge is 0.494 e. The lowest BCUT2D eigenvalue weighted by Crippen LogP contribution is -2.10. The molecule has 66 valence electrons. The van der Waals surface area contributed by atoms with Crippen molar-refractivity contribution in [2.45, 2.75) is 6.43 Å². The summed E-state index contributed by atoms with van der Waals surface area (Å²) in [4.78, 5) is 12.6. The molecule has 1 rings (SSSR count). The van der Waals surface area contributed by atoms with Gasteiger partial charge >= 0.3 is 0 Å². The van der Waals surface area contributed by atoms with E-state index in [0.717, 1.165) is 6.07 Å². The summed E-state index contributed by atoms with van der Waals surface area (Å²) >= 11 is 1.61. The SMILES string of the molecule is O=c1[nH]c(O)c(C(F)F)cc1I. The highest BCUT2D eigenvalue weighted by atomic mass is 127. The summed E-state index contributed by atoms with van der Waals surface area (Å²) in [7, 11) is 0. The van der Waals surface area contributed by atoms with Crippen molar-refractivity contribution >= 4 is 22.6 Å². The minimum atomic E-state index is -2.78. The molecule has 2 N–H and O–H groups in total. The molecule has 0 amide bonds. The Morgan fingerprint density at radius 2 is 2.17 bits per heavy atom.